The fourth-order valence-electron chi connectivity index (χ4n) is 2.40. The van der Waals surface area contributed by atoms with Crippen molar-refractivity contribution in [3.05, 3.63) is 29.3 Å². The molecule has 0 bridgehead atoms. The van der Waals surface area contributed by atoms with Crippen LogP contribution in [-0.4, -0.2) is 12.4 Å². The summed E-state index contributed by atoms with van der Waals surface area (Å²) in [6, 6.07) is 5.85. The topological polar surface area (TPSA) is 26.3 Å². The van der Waals surface area contributed by atoms with Gasteiger partial charge in [-0.25, -0.2) is 0 Å². The van der Waals surface area contributed by atoms with Crippen LogP contribution in [0.3, 0.4) is 0 Å². The molecular formula is C17H24O2. The molecule has 2 heteroatoms. The van der Waals surface area contributed by atoms with Crippen LogP contribution < -0.4 is 4.74 Å². The van der Waals surface area contributed by atoms with Gasteiger partial charge in [0.1, 0.15) is 5.75 Å². The van der Waals surface area contributed by atoms with Crippen molar-refractivity contribution < 1.29 is 9.53 Å². The van der Waals surface area contributed by atoms with E-state index in [1.165, 1.54) is 19.3 Å². The van der Waals surface area contributed by atoms with Crippen molar-refractivity contribution in [3.63, 3.8) is 0 Å². The third kappa shape index (κ3) is 3.59. The van der Waals surface area contributed by atoms with E-state index in [2.05, 4.69) is 6.92 Å². The Balaban J connectivity index is 1.94. The largest absolute Gasteiger partial charge is 0.493 e. The Labute approximate surface area is 116 Å². The van der Waals surface area contributed by atoms with Crippen LogP contribution in [0.1, 0.15) is 61.4 Å². The summed E-state index contributed by atoms with van der Waals surface area (Å²) < 4.78 is 5.76. The first-order valence-corrected chi connectivity index (χ1v) is 7.50. The molecule has 0 unspecified atom stereocenters. The van der Waals surface area contributed by atoms with Crippen LogP contribution in [0.25, 0.3) is 0 Å². The highest BCUT2D eigenvalue weighted by atomic mass is 16.5. The molecule has 0 radical (unpaired) electrons. The lowest BCUT2D eigenvalue weighted by Gasteiger charge is -2.24. The molecule has 2 rings (SSSR count). The highest BCUT2D eigenvalue weighted by Crippen LogP contribution is 2.31. The van der Waals surface area contributed by atoms with Crippen LogP contribution in [0, 0.1) is 12.8 Å². The molecule has 0 atom stereocenters. The van der Waals surface area contributed by atoms with Gasteiger partial charge in [0.05, 0.1) is 6.61 Å². The average Bonchev–Trinajstić information content (AvgIpc) is 2.34. The second-order valence-corrected chi connectivity index (χ2v) is 5.53. The number of carbonyl (C=O) groups excluding carboxylic acids is 1. The van der Waals surface area contributed by atoms with Gasteiger partial charge in [-0.2, -0.15) is 0 Å². The summed E-state index contributed by atoms with van der Waals surface area (Å²) in [6.45, 7) is 4.98. The number of ether oxygens (including phenoxy) is 1. The van der Waals surface area contributed by atoms with Crippen molar-refractivity contribution in [2.75, 3.05) is 6.61 Å². The van der Waals surface area contributed by atoms with Crippen LogP contribution in [-0.2, 0) is 0 Å². The molecule has 0 N–H and O–H groups in total. The Kier molecular flexibility index (Phi) is 5.00. The van der Waals surface area contributed by atoms with E-state index in [-0.39, 0.29) is 5.92 Å². The molecule has 0 spiro atoms. The minimum absolute atomic E-state index is 0.274. The number of hydrogen-bond acceptors (Lipinski definition) is 2. The molecule has 1 saturated carbocycles. The fraction of sp³-hybridized carbons (Fsp3) is 0.588. The molecular weight excluding hydrogens is 236 g/mol. The fourth-order valence-corrected chi connectivity index (χ4v) is 2.40. The van der Waals surface area contributed by atoms with Gasteiger partial charge in [0.15, 0.2) is 5.78 Å². The van der Waals surface area contributed by atoms with Gasteiger partial charge in [0.2, 0.25) is 0 Å². The molecule has 1 aliphatic rings. The second-order valence-electron chi connectivity index (χ2n) is 5.53. The van der Waals surface area contributed by atoms with Gasteiger partial charge in [-0.05, 0) is 49.9 Å². The predicted octanol–water partition coefficient (Wildman–Crippen LogP) is 4.55. The summed E-state index contributed by atoms with van der Waals surface area (Å²) in [5, 5.41) is 0. The Hall–Kier alpha value is -1.31. The summed E-state index contributed by atoms with van der Waals surface area (Å²) in [4.78, 5) is 12.1. The molecule has 0 aliphatic heterocycles. The molecule has 1 fully saturated rings. The van der Waals surface area contributed by atoms with E-state index in [0.717, 1.165) is 42.7 Å². The van der Waals surface area contributed by atoms with Gasteiger partial charge in [-0.3, -0.25) is 4.79 Å². The number of ketones is 1. The lowest BCUT2D eigenvalue weighted by atomic mass is 9.80. The SMILES string of the molecule is CCCCCOc1ccc(C(=O)C2CCC2)cc1C. The highest BCUT2D eigenvalue weighted by molar-refractivity contribution is 5.98. The monoisotopic (exact) mass is 260 g/mol. The standard InChI is InChI=1S/C17H24O2/c1-3-4-5-11-19-16-10-9-15(12-13(16)2)17(18)14-7-6-8-14/h9-10,12,14H,3-8,11H2,1-2H3. The highest BCUT2D eigenvalue weighted by Gasteiger charge is 2.26. The molecule has 19 heavy (non-hydrogen) atoms. The van der Waals surface area contributed by atoms with E-state index in [0.29, 0.717) is 5.78 Å². The number of hydrogen-bond donors (Lipinski definition) is 0. The minimum atomic E-state index is 0.274. The van der Waals surface area contributed by atoms with Gasteiger partial charge in [0, 0.05) is 11.5 Å². The van der Waals surface area contributed by atoms with E-state index in [9.17, 15) is 4.79 Å². The Morgan fingerprint density at radius 3 is 2.68 bits per heavy atom. The predicted molar refractivity (Wildman–Crippen MR) is 77.9 cm³/mol. The van der Waals surface area contributed by atoms with E-state index >= 15 is 0 Å². The van der Waals surface area contributed by atoms with E-state index in [1.54, 1.807) is 0 Å². The number of unbranched alkanes of at least 4 members (excludes halogenated alkanes) is 2. The lowest BCUT2D eigenvalue weighted by molar-refractivity contribution is 0.0855. The van der Waals surface area contributed by atoms with Crippen LogP contribution in [0.2, 0.25) is 0 Å². The van der Waals surface area contributed by atoms with Gasteiger partial charge < -0.3 is 4.74 Å². The Bertz CT molecular complexity index is 433. The normalized spacial score (nSPS) is 15.1. The third-order valence-corrected chi connectivity index (χ3v) is 3.94. The third-order valence-electron chi connectivity index (χ3n) is 3.94. The minimum Gasteiger partial charge on any atom is -0.493 e. The van der Waals surface area contributed by atoms with E-state index in [4.69, 9.17) is 4.74 Å². The van der Waals surface area contributed by atoms with Gasteiger partial charge in [0.25, 0.3) is 0 Å². The number of Topliss-reactive ketones (excluding diaryl/α,β-unsaturated/α-hetero) is 1. The van der Waals surface area contributed by atoms with Crippen LogP contribution in [0.4, 0.5) is 0 Å². The van der Waals surface area contributed by atoms with Crippen molar-refractivity contribution in [1.29, 1.82) is 0 Å². The van der Waals surface area contributed by atoms with E-state index in [1.807, 2.05) is 25.1 Å². The number of rotatable bonds is 7. The second kappa shape index (κ2) is 6.74. The maximum atomic E-state index is 12.1. The Morgan fingerprint density at radius 2 is 2.11 bits per heavy atom. The number of aryl methyl sites for hydroxylation is 1. The summed E-state index contributed by atoms with van der Waals surface area (Å²) in [6.07, 6.45) is 6.83. The van der Waals surface area contributed by atoms with Gasteiger partial charge in [-0.1, -0.05) is 26.2 Å². The first kappa shape index (κ1) is 14.1. The van der Waals surface area contributed by atoms with Gasteiger partial charge >= 0.3 is 0 Å². The zero-order valence-corrected chi connectivity index (χ0v) is 12.1. The van der Waals surface area contributed by atoms with Crippen LogP contribution >= 0.6 is 0 Å². The molecule has 0 amide bonds. The molecule has 2 nitrogen and oxygen atoms in total. The molecule has 104 valence electrons. The molecule has 0 saturated heterocycles. The molecule has 1 aliphatic carbocycles. The van der Waals surface area contributed by atoms with Gasteiger partial charge in [-0.15, -0.1) is 0 Å². The number of carbonyl (C=O) groups is 1. The molecule has 1 aromatic carbocycles. The van der Waals surface area contributed by atoms with Crippen molar-refractivity contribution >= 4 is 5.78 Å². The summed E-state index contributed by atoms with van der Waals surface area (Å²) in [5.41, 5.74) is 1.92. The summed E-state index contributed by atoms with van der Waals surface area (Å²) in [5.74, 6) is 1.50. The zero-order chi connectivity index (χ0) is 13.7. The smallest absolute Gasteiger partial charge is 0.165 e. The van der Waals surface area contributed by atoms with Crippen molar-refractivity contribution in [2.24, 2.45) is 5.92 Å². The summed E-state index contributed by atoms with van der Waals surface area (Å²) in [7, 11) is 0. The van der Waals surface area contributed by atoms with Crippen molar-refractivity contribution in [3.8, 4) is 5.75 Å². The van der Waals surface area contributed by atoms with Crippen molar-refractivity contribution in [2.45, 2.75) is 52.4 Å². The lowest BCUT2D eigenvalue weighted by Crippen LogP contribution is -2.22. The van der Waals surface area contributed by atoms with Crippen LogP contribution in [0.15, 0.2) is 18.2 Å². The Morgan fingerprint density at radius 1 is 1.32 bits per heavy atom. The first-order valence-electron chi connectivity index (χ1n) is 7.50. The molecule has 0 heterocycles. The van der Waals surface area contributed by atoms with Crippen molar-refractivity contribution in [1.82, 2.24) is 0 Å². The average molecular weight is 260 g/mol. The number of benzene rings is 1. The quantitative estimate of drug-likeness (QED) is 0.531. The van der Waals surface area contributed by atoms with E-state index < -0.39 is 0 Å². The maximum absolute atomic E-state index is 12.1. The molecule has 1 aromatic rings. The van der Waals surface area contributed by atoms with Crippen LogP contribution in [0.5, 0.6) is 5.75 Å². The maximum Gasteiger partial charge on any atom is 0.165 e. The zero-order valence-electron chi connectivity index (χ0n) is 12.1. The summed E-state index contributed by atoms with van der Waals surface area (Å²) >= 11 is 0. The molecule has 0 aromatic heterocycles. The first-order chi connectivity index (χ1) is 9.22.